The number of morpholine rings is 1. The summed E-state index contributed by atoms with van der Waals surface area (Å²) in [7, 11) is 0. The van der Waals surface area contributed by atoms with Crippen LogP contribution in [0.1, 0.15) is 39.0 Å². The lowest BCUT2D eigenvalue weighted by atomic mass is 9.84. The number of carbonyl (C=O) groups excluding carboxylic acids is 1. The average molecular weight is 291 g/mol. The van der Waals surface area contributed by atoms with Crippen molar-refractivity contribution in [2.45, 2.75) is 51.2 Å². The minimum Gasteiger partial charge on any atom is -0.373 e. The smallest absolute Gasteiger partial charge is 0.243 e. The zero-order chi connectivity index (χ0) is 14.9. The number of rotatable bonds is 2. The Balaban J connectivity index is 1.76. The van der Waals surface area contributed by atoms with E-state index in [-0.39, 0.29) is 18.1 Å². The molecule has 0 bridgehead atoms. The molecule has 3 rings (SSSR count). The fraction of sp³-hybridized carbons (Fsp3) is 0.875. The quantitative estimate of drug-likeness (QED) is 0.771. The number of fused-ring (bicyclic) bond motifs is 1. The number of ether oxygens (including phenoxy) is 1. The van der Waals surface area contributed by atoms with Gasteiger partial charge in [0.2, 0.25) is 5.91 Å². The number of hydrogen-bond donors (Lipinski definition) is 0. The molecular weight excluding hydrogens is 266 g/mol. The van der Waals surface area contributed by atoms with Crippen molar-refractivity contribution in [2.24, 2.45) is 5.41 Å². The van der Waals surface area contributed by atoms with Gasteiger partial charge in [-0.1, -0.05) is 19.8 Å². The SMILES string of the molecule is CCN1CC[C@H]2[C@H](C1)OCCN2C(=O)C1(C#N)CCCC1. The summed E-state index contributed by atoms with van der Waals surface area (Å²) < 4.78 is 5.91. The number of hydrogen-bond acceptors (Lipinski definition) is 4. The lowest BCUT2D eigenvalue weighted by Gasteiger charge is -2.48. The Labute approximate surface area is 126 Å². The molecule has 2 atom stereocenters. The van der Waals surface area contributed by atoms with E-state index in [2.05, 4.69) is 17.9 Å². The number of carbonyl (C=O) groups is 1. The van der Waals surface area contributed by atoms with E-state index < -0.39 is 5.41 Å². The van der Waals surface area contributed by atoms with Crippen molar-refractivity contribution in [3.8, 4) is 6.07 Å². The molecule has 0 unspecified atom stereocenters. The van der Waals surface area contributed by atoms with Gasteiger partial charge in [-0.3, -0.25) is 4.79 Å². The van der Waals surface area contributed by atoms with Crippen molar-refractivity contribution in [2.75, 3.05) is 32.8 Å². The van der Waals surface area contributed by atoms with E-state index in [0.717, 1.165) is 51.7 Å². The molecule has 3 fully saturated rings. The fourth-order valence-corrected chi connectivity index (χ4v) is 4.12. The third-order valence-corrected chi connectivity index (χ3v) is 5.46. The average Bonchev–Trinajstić information content (AvgIpc) is 3.03. The lowest BCUT2D eigenvalue weighted by Crippen LogP contribution is -2.62. The summed E-state index contributed by atoms with van der Waals surface area (Å²) in [6.45, 7) is 6.37. The molecule has 116 valence electrons. The summed E-state index contributed by atoms with van der Waals surface area (Å²) >= 11 is 0. The highest BCUT2D eigenvalue weighted by molar-refractivity contribution is 5.86. The molecular formula is C16H25N3O2. The highest BCUT2D eigenvalue weighted by Gasteiger charge is 2.48. The van der Waals surface area contributed by atoms with E-state index in [1.54, 1.807) is 0 Å². The number of nitrogens with zero attached hydrogens (tertiary/aromatic N) is 3. The number of likely N-dealkylation sites (N-methyl/N-ethyl adjacent to an activating group) is 1. The van der Waals surface area contributed by atoms with E-state index in [1.165, 1.54) is 0 Å². The van der Waals surface area contributed by atoms with Gasteiger partial charge in [-0.25, -0.2) is 0 Å². The molecule has 5 heteroatoms. The second-order valence-corrected chi connectivity index (χ2v) is 6.56. The van der Waals surface area contributed by atoms with E-state index in [1.807, 2.05) is 4.90 Å². The van der Waals surface area contributed by atoms with Crippen LogP contribution in [0.3, 0.4) is 0 Å². The summed E-state index contributed by atoms with van der Waals surface area (Å²) in [6, 6.07) is 2.51. The highest BCUT2D eigenvalue weighted by atomic mass is 16.5. The summed E-state index contributed by atoms with van der Waals surface area (Å²) in [5, 5.41) is 9.56. The van der Waals surface area contributed by atoms with Gasteiger partial charge >= 0.3 is 0 Å². The summed E-state index contributed by atoms with van der Waals surface area (Å²) in [5.41, 5.74) is -0.746. The largest absolute Gasteiger partial charge is 0.373 e. The second kappa shape index (κ2) is 5.94. The second-order valence-electron chi connectivity index (χ2n) is 6.56. The molecule has 1 aliphatic carbocycles. The number of nitriles is 1. The van der Waals surface area contributed by atoms with Gasteiger partial charge in [0.15, 0.2) is 0 Å². The van der Waals surface area contributed by atoms with E-state index in [4.69, 9.17) is 4.74 Å². The maximum absolute atomic E-state index is 13.0. The predicted molar refractivity (Wildman–Crippen MR) is 78.5 cm³/mol. The minimum atomic E-state index is -0.746. The van der Waals surface area contributed by atoms with E-state index in [9.17, 15) is 10.1 Å². The van der Waals surface area contributed by atoms with Crippen LogP contribution in [0.4, 0.5) is 0 Å². The summed E-state index contributed by atoms with van der Waals surface area (Å²) in [4.78, 5) is 17.4. The molecule has 0 radical (unpaired) electrons. The zero-order valence-electron chi connectivity index (χ0n) is 12.9. The molecule has 1 amide bonds. The monoisotopic (exact) mass is 291 g/mol. The van der Waals surface area contributed by atoms with Crippen molar-refractivity contribution >= 4 is 5.91 Å². The van der Waals surface area contributed by atoms with Crippen molar-refractivity contribution in [3.63, 3.8) is 0 Å². The van der Waals surface area contributed by atoms with Crippen LogP contribution in [-0.2, 0) is 9.53 Å². The fourth-order valence-electron chi connectivity index (χ4n) is 4.12. The Morgan fingerprint density at radius 1 is 1.38 bits per heavy atom. The van der Waals surface area contributed by atoms with E-state index in [0.29, 0.717) is 13.2 Å². The van der Waals surface area contributed by atoms with Crippen molar-refractivity contribution in [1.82, 2.24) is 9.80 Å². The Hall–Kier alpha value is -1.12. The lowest BCUT2D eigenvalue weighted by molar-refractivity contribution is -0.159. The third-order valence-electron chi connectivity index (χ3n) is 5.46. The molecule has 0 spiro atoms. The molecule has 3 aliphatic rings. The number of piperidine rings is 1. The van der Waals surface area contributed by atoms with Crippen LogP contribution in [0.2, 0.25) is 0 Å². The van der Waals surface area contributed by atoms with Crippen molar-refractivity contribution < 1.29 is 9.53 Å². The van der Waals surface area contributed by atoms with Gasteiger partial charge in [-0.2, -0.15) is 5.26 Å². The Bertz CT molecular complexity index is 439. The first-order chi connectivity index (χ1) is 10.2. The van der Waals surface area contributed by atoms with Gasteiger partial charge < -0.3 is 14.5 Å². The third kappa shape index (κ3) is 2.56. The maximum atomic E-state index is 13.0. The van der Waals surface area contributed by atoms with Gasteiger partial charge in [0.1, 0.15) is 5.41 Å². The van der Waals surface area contributed by atoms with Gasteiger partial charge in [-0.15, -0.1) is 0 Å². The Kier molecular flexibility index (Phi) is 4.19. The highest BCUT2D eigenvalue weighted by Crippen LogP contribution is 2.40. The van der Waals surface area contributed by atoms with Crippen LogP contribution >= 0.6 is 0 Å². The summed E-state index contributed by atoms with van der Waals surface area (Å²) in [6.07, 6.45) is 4.55. The first-order valence-corrected chi connectivity index (χ1v) is 8.26. The maximum Gasteiger partial charge on any atom is 0.243 e. The molecule has 2 aliphatic heterocycles. The first-order valence-electron chi connectivity index (χ1n) is 8.26. The van der Waals surface area contributed by atoms with Crippen molar-refractivity contribution in [3.05, 3.63) is 0 Å². The molecule has 0 aromatic heterocycles. The van der Waals surface area contributed by atoms with Crippen LogP contribution in [0.15, 0.2) is 0 Å². The summed E-state index contributed by atoms with van der Waals surface area (Å²) in [5.74, 6) is 0.0748. The van der Waals surface area contributed by atoms with Gasteiger partial charge in [0.05, 0.1) is 24.8 Å². The van der Waals surface area contributed by atoms with Crippen molar-refractivity contribution in [1.29, 1.82) is 5.26 Å². The molecule has 2 heterocycles. The van der Waals surface area contributed by atoms with Crippen LogP contribution < -0.4 is 0 Å². The van der Waals surface area contributed by atoms with Crippen LogP contribution in [0.5, 0.6) is 0 Å². The molecule has 0 aromatic rings. The Morgan fingerprint density at radius 2 is 2.14 bits per heavy atom. The molecule has 0 aromatic carbocycles. The van der Waals surface area contributed by atoms with Gasteiger partial charge in [0.25, 0.3) is 0 Å². The minimum absolute atomic E-state index is 0.0748. The topological polar surface area (TPSA) is 56.6 Å². The van der Waals surface area contributed by atoms with Crippen LogP contribution in [0, 0.1) is 16.7 Å². The number of likely N-dealkylation sites (tertiary alicyclic amines) is 1. The number of amides is 1. The Morgan fingerprint density at radius 3 is 2.81 bits per heavy atom. The molecule has 5 nitrogen and oxygen atoms in total. The van der Waals surface area contributed by atoms with Crippen LogP contribution in [-0.4, -0.2) is 60.6 Å². The molecule has 1 saturated carbocycles. The molecule has 21 heavy (non-hydrogen) atoms. The van der Waals surface area contributed by atoms with Crippen LogP contribution in [0.25, 0.3) is 0 Å². The zero-order valence-corrected chi connectivity index (χ0v) is 12.9. The molecule has 2 saturated heterocycles. The van der Waals surface area contributed by atoms with Gasteiger partial charge in [-0.05, 0) is 25.8 Å². The first kappa shape index (κ1) is 14.8. The normalized spacial score (nSPS) is 32.5. The standard InChI is InChI=1S/C16H25N3O2/c1-2-18-8-5-13-14(11-18)21-10-9-19(13)15(20)16(12-17)6-3-4-7-16/h13-14H,2-11H2,1H3/t13-,14-/m0/s1. The predicted octanol–water partition coefficient (Wildman–Crippen LogP) is 1.39. The molecule has 0 N–H and O–H groups in total. The van der Waals surface area contributed by atoms with E-state index >= 15 is 0 Å². The van der Waals surface area contributed by atoms with Gasteiger partial charge in [0, 0.05) is 19.6 Å².